The zero-order valence-corrected chi connectivity index (χ0v) is 12.0. The maximum Gasteiger partial charge on any atom is 0.126 e. The van der Waals surface area contributed by atoms with Crippen molar-refractivity contribution in [1.29, 1.82) is 0 Å². The molecule has 1 aromatic rings. The summed E-state index contributed by atoms with van der Waals surface area (Å²) in [6, 6.07) is 4.78. The SMILES string of the molecule is CC(NC1CCC(C)C(C)C1)c1ccc(F)cc1O. The van der Waals surface area contributed by atoms with E-state index in [1.165, 1.54) is 31.4 Å². The Morgan fingerprint density at radius 1 is 1.26 bits per heavy atom. The fourth-order valence-electron chi connectivity index (χ4n) is 3.03. The number of nitrogens with one attached hydrogen (secondary N) is 1. The van der Waals surface area contributed by atoms with Gasteiger partial charge in [0.1, 0.15) is 11.6 Å². The van der Waals surface area contributed by atoms with Crippen LogP contribution in [0, 0.1) is 17.7 Å². The van der Waals surface area contributed by atoms with E-state index < -0.39 is 5.82 Å². The van der Waals surface area contributed by atoms with Gasteiger partial charge < -0.3 is 10.4 Å². The van der Waals surface area contributed by atoms with E-state index in [4.69, 9.17) is 0 Å². The lowest BCUT2D eigenvalue weighted by Gasteiger charge is -2.34. The fourth-order valence-corrected chi connectivity index (χ4v) is 3.03. The fraction of sp³-hybridized carbons (Fsp3) is 0.625. The molecule has 0 saturated heterocycles. The third-order valence-corrected chi connectivity index (χ3v) is 4.54. The number of hydrogen-bond acceptors (Lipinski definition) is 2. The van der Waals surface area contributed by atoms with Gasteiger partial charge in [0.2, 0.25) is 0 Å². The van der Waals surface area contributed by atoms with Crippen LogP contribution in [0.1, 0.15) is 51.6 Å². The average molecular weight is 265 g/mol. The van der Waals surface area contributed by atoms with E-state index in [0.717, 1.165) is 17.4 Å². The molecule has 0 spiro atoms. The van der Waals surface area contributed by atoms with Crippen LogP contribution in [0.5, 0.6) is 5.75 Å². The summed E-state index contributed by atoms with van der Waals surface area (Å²) in [4.78, 5) is 0. The lowest BCUT2D eigenvalue weighted by Crippen LogP contribution is -2.37. The van der Waals surface area contributed by atoms with Crippen molar-refractivity contribution in [2.45, 2.75) is 52.1 Å². The highest BCUT2D eigenvalue weighted by molar-refractivity contribution is 5.34. The van der Waals surface area contributed by atoms with Crippen LogP contribution in [0.3, 0.4) is 0 Å². The van der Waals surface area contributed by atoms with Gasteiger partial charge in [-0.15, -0.1) is 0 Å². The molecule has 1 aliphatic carbocycles. The summed E-state index contributed by atoms with van der Waals surface area (Å²) >= 11 is 0. The van der Waals surface area contributed by atoms with E-state index >= 15 is 0 Å². The standard InChI is InChI=1S/C16H24FNO/c1-10-4-6-14(8-11(10)2)18-12(3)15-7-5-13(17)9-16(15)19/h5,7,9-12,14,18-19H,4,6,8H2,1-3H3. The molecule has 19 heavy (non-hydrogen) atoms. The third-order valence-electron chi connectivity index (χ3n) is 4.54. The van der Waals surface area contributed by atoms with Gasteiger partial charge in [-0.05, 0) is 44.1 Å². The molecular weight excluding hydrogens is 241 g/mol. The zero-order chi connectivity index (χ0) is 14.0. The van der Waals surface area contributed by atoms with Crippen molar-refractivity contribution < 1.29 is 9.50 Å². The molecule has 1 aromatic carbocycles. The van der Waals surface area contributed by atoms with Crippen LogP contribution in [0.4, 0.5) is 4.39 Å². The molecule has 1 fully saturated rings. The first-order valence-corrected chi connectivity index (χ1v) is 7.22. The summed E-state index contributed by atoms with van der Waals surface area (Å²) in [5.41, 5.74) is 0.771. The summed E-state index contributed by atoms with van der Waals surface area (Å²) in [6.45, 7) is 6.64. The van der Waals surface area contributed by atoms with Crippen molar-refractivity contribution in [3.63, 3.8) is 0 Å². The van der Waals surface area contributed by atoms with Crippen molar-refractivity contribution >= 4 is 0 Å². The number of aromatic hydroxyl groups is 1. The molecule has 0 heterocycles. The molecule has 3 heteroatoms. The minimum Gasteiger partial charge on any atom is -0.508 e. The van der Waals surface area contributed by atoms with Gasteiger partial charge in [0, 0.05) is 23.7 Å². The van der Waals surface area contributed by atoms with Gasteiger partial charge in [0.15, 0.2) is 0 Å². The molecular formula is C16H24FNO. The highest BCUT2D eigenvalue weighted by Crippen LogP contribution is 2.32. The monoisotopic (exact) mass is 265 g/mol. The predicted molar refractivity (Wildman–Crippen MR) is 75.6 cm³/mol. The number of hydrogen-bond donors (Lipinski definition) is 2. The summed E-state index contributed by atoms with van der Waals surface area (Å²) < 4.78 is 13.0. The predicted octanol–water partition coefficient (Wildman–Crippen LogP) is 4.01. The lowest BCUT2D eigenvalue weighted by atomic mass is 9.79. The van der Waals surface area contributed by atoms with E-state index in [-0.39, 0.29) is 11.8 Å². The van der Waals surface area contributed by atoms with Crippen LogP contribution in [0.2, 0.25) is 0 Å². The third kappa shape index (κ3) is 3.47. The average Bonchev–Trinajstić information content (AvgIpc) is 2.33. The van der Waals surface area contributed by atoms with E-state index in [2.05, 4.69) is 19.2 Å². The number of phenolic OH excluding ortho intramolecular Hbond substituents is 1. The maximum absolute atomic E-state index is 13.0. The number of halogens is 1. The van der Waals surface area contributed by atoms with E-state index in [0.29, 0.717) is 6.04 Å². The van der Waals surface area contributed by atoms with Crippen molar-refractivity contribution in [2.75, 3.05) is 0 Å². The highest BCUT2D eigenvalue weighted by atomic mass is 19.1. The molecule has 2 N–H and O–H groups in total. The molecule has 0 radical (unpaired) electrons. The normalized spacial score (nSPS) is 29.2. The Balaban J connectivity index is 1.99. The Labute approximate surface area is 115 Å². The van der Waals surface area contributed by atoms with Gasteiger partial charge in [-0.3, -0.25) is 0 Å². The largest absolute Gasteiger partial charge is 0.508 e. The second-order valence-corrected chi connectivity index (χ2v) is 6.06. The van der Waals surface area contributed by atoms with Crippen LogP contribution in [0.15, 0.2) is 18.2 Å². The van der Waals surface area contributed by atoms with Crippen LogP contribution < -0.4 is 5.32 Å². The van der Waals surface area contributed by atoms with Crippen molar-refractivity contribution in [1.82, 2.24) is 5.32 Å². The Morgan fingerprint density at radius 3 is 2.63 bits per heavy atom. The zero-order valence-electron chi connectivity index (χ0n) is 12.0. The minimum absolute atomic E-state index is 0.0391. The molecule has 4 unspecified atom stereocenters. The van der Waals surface area contributed by atoms with E-state index in [1.54, 1.807) is 6.07 Å². The number of phenols is 1. The quantitative estimate of drug-likeness (QED) is 0.865. The number of rotatable bonds is 3. The van der Waals surface area contributed by atoms with Crippen molar-refractivity contribution in [3.05, 3.63) is 29.6 Å². The van der Waals surface area contributed by atoms with Crippen LogP contribution >= 0.6 is 0 Å². The molecule has 4 atom stereocenters. The Morgan fingerprint density at radius 2 is 2.00 bits per heavy atom. The van der Waals surface area contributed by atoms with Gasteiger partial charge in [0.05, 0.1) is 0 Å². The van der Waals surface area contributed by atoms with Crippen molar-refractivity contribution in [2.24, 2.45) is 11.8 Å². The van der Waals surface area contributed by atoms with Crippen LogP contribution in [0.25, 0.3) is 0 Å². The van der Waals surface area contributed by atoms with Crippen molar-refractivity contribution in [3.8, 4) is 5.75 Å². The smallest absolute Gasteiger partial charge is 0.126 e. The van der Waals surface area contributed by atoms with E-state index in [9.17, 15) is 9.50 Å². The Bertz CT molecular complexity index is 435. The van der Waals surface area contributed by atoms with Gasteiger partial charge in [-0.2, -0.15) is 0 Å². The second kappa shape index (κ2) is 5.91. The van der Waals surface area contributed by atoms with Crippen LogP contribution in [-0.4, -0.2) is 11.1 Å². The van der Waals surface area contributed by atoms with Gasteiger partial charge >= 0.3 is 0 Å². The molecule has 2 nitrogen and oxygen atoms in total. The summed E-state index contributed by atoms with van der Waals surface area (Å²) in [5.74, 6) is 1.18. The molecule has 106 valence electrons. The van der Waals surface area contributed by atoms with Gasteiger partial charge in [-0.1, -0.05) is 19.9 Å². The molecule has 1 aliphatic rings. The van der Waals surface area contributed by atoms with Gasteiger partial charge in [0.25, 0.3) is 0 Å². The molecule has 0 aromatic heterocycles. The maximum atomic E-state index is 13.0. The second-order valence-electron chi connectivity index (χ2n) is 6.06. The first kappa shape index (κ1) is 14.3. The van der Waals surface area contributed by atoms with Crippen LogP contribution in [-0.2, 0) is 0 Å². The number of benzene rings is 1. The molecule has 0 bridgehead atoms. The Kier molecular flexibility index (Phi) is 4.46. The van der Waals surface area contributed by atoms with E-state index in [1.807, 2.05) is 6.92 Å². The first-order chi connectivity index (χ1) is 8.97. The molecule has 1 saturated carbocycles. The lowest BCUT2D eigenvalue weighted by molar-refractivity contribution is 0.217. The molecule has 0 aliphatic heterocycles. The topological polar surface area (TPSA) is 32.3 Å². The molecule has 2 rings (SSSR count). The summed E-state index contributed by atoms with van der Waals surface area (Å²) in [6.07, 6.45) is 3.60. The highest BCUT2D eigenvalue weighted by Gasteiger charge is 2.25. The minimum atomic E-state index is -0.395. The summed E-state index contributed by atoms with van der Waals surface area (Å²) in [7, 11) is 0. The molecule has 0 amide bonds. The Hall–Kier alpha value is -1.09. The van der Waals surface area contributed by atoms with Gasteiger partial charge in [-0.25, -0.2) is 4.39 Å². The summed E-state index contributed by atoms with van der Waals surface area (Å²) in [5, 5.41) is 13.4. The first-order valence-electron chi connectivity index (χ1n) is 7.22.